The van der Waals surface area contributed by atoms with Crippen LogP contribution in [-0.2, 0) is 10.0 Å². The molecular weight excluding hydrogens is 409 g/mol. The van der Waals surface area contributed by atoms with E-state index >= 15 is 0 Å². The minimum Gasteiger partial charge on any atom is -0.376 e. The molecule has 1 aliphatic heterocycles. The fourth-order valence-corrected chi connectivity index (χ4v) is 5.10. The van der Waals surface area contributed by atoms with Crippen LogP contribution in [0.15, 0.2) is 29.3 Å². The Balaban J connectivity index is 1.77. The van der Waals surface area contributed by atoms with E-state index in [4.69, 9.17) is 23.2 Å². The van der Waals surface area contributed by atoms with Crippen molar-refractivity contribution in [2.45, 2.75) is 11.8 Å². The lowest BCUT2D eigenvalue weighted by Crippen LogP contribution is -2.49. The van der Waals surface area contributed by atoms with Crippen molar-refractivity contribution in [3.8, 4) is 0 Å². The van der Waals surface area contributed by atoms with Gasteiger partial charge >= 0.3 is 0 Å². The molecule has 1 fully saturated rings. The molecule has 2 heterocycles. The molecule has 0 spiro atoms. The molecule has 1 aliphatic rings. The van der Waals surface area contributed by atoms with Crippen LogP contribution in [0.3, 0.4) is 0 Å². The molecule has 27 heavy (non-hydrogen) atoms. The van der Waals surface area contributed by atoms with Gasteiger partial charge in [-0.15, -0.1) is 5.10 Å². The Morgan fingerprint density at radius 3 is 2.33 bits per heavy atom. The molecule has 1 saturated heterocycles. The van der Waals surface area contributed by atoms with E-state index in [1.807, 2.05) is 30.0 Å². The Morgan fingerprint density at radius 2 is 1.70 bits per heavy atom. The van der Waals surface area contributed by atoms with Crippen LogP contribution in [0.2, 0.25) is 10.0 Å². The summed E-state index contributed by atoms with van der Waals surface area (Å²) in [7, 11) is 0.180. The summed E-state index contributed by atoms with van der Waals surface area (Å²) < 4.78 is 27.5. The molecule has 10 heteroatoms. The summed E-state index contributed by atoms with van der Waals surface area (Å²) >= 11 is 12.2. The van der Waals surface area contributed by atoms with Crippen molar-refractivity contribution >= 4 is 44.7 Å². The zero-order valence-corrected chi connectivity index (χ0v) is 17.7. The average molecular weight is 430 g/mol. The topological polar surface area (TPSA) is 69.6 Å². The molecule has 0 N–H and O–H groups in total. The Labute approximate surface area is 169 Å². The smallest absolute Gasteiger partial charge is 0.244 e. The van der Waals surface area contributed by atoms with Crippen molar-refractivity contribution in [3.05, 3.63) is 40.0 Å². The third kappa shape index (κ3) is 4.13. The van der Waals surface area contributed by atoms with E-state index in [2.05, 4.69) is 10.2 Å². The molecule has 0 radical (unpaired) electrons. The fourth-order valence-electron chi connectivity index (χ4n) is 2.87. The van der Waals surface area contributed by atoms with Gasteiger partial charge in [-0.25, -0.2) is 8.42 Å². The molecule has 0 amide bonds. The molecule has 146 valence electrons. The second-order valence-electron chi connectivity index (χ2n) is 6.59. The van der Waals surface area contributed by atoms with Gasteiger partial charge in [0, 0.05) is 51.4 Å². The van der Waals surface area contributed by atoms with Gasteiger partial charge in [-0.1, -0.05) is 23.2 Å². The number of rotatable bonds is 4. The highest BCUT2D eigenvalue weighted by Gasteiger charge is 2.31. The van der Waals surface area contributed by atoms with Crippen LogP contribution >= 0.6 is 23.2 Å². The van der Waals surface area contributed by atoms with Gasteiger partial charge in [-0.3, -0.25) is 0 Å². The van der Waals surface area contributed by atoms with Gasteiger partial charge in [0.1, 0.15) is 4.90 Å². The summed E-state index contributed by atoms with van der Waals surface area (Å²) in [6.45, 7) is 3.48. The molecule has 7 nitrogen and oxygen atoms in total. The van der Waals surface area contributed by atoms with Crippen LogP contribution in [0.5, 0.6) is 0 Å². The molecule has 3 rings (SSSR count). The van der Waals surface area contributed by atoms with E-state index < -0.39 is 10.0 Å². The van der Waals surface area contributed by atoms with Crippen LogP contribution in [0.1, 0.15) is 5.56 Å². The van der Waals surface area contributed by atoms with E-state index in [0.29, 0.717) is 36.8 Å². The molecule has 2 aromatic rings. The molecule has 0 bridgehead atoms. The van der Waals surface area contributed by atoms with Crippen molar-refractivity contribution in [2.75, 3.05) is 50.1 Å². The van der Waals surface area contributed by atoms with Crippen molar-refractivity contribution in [1.82, 2.24) is 14.5 Å². The number of nitrogens with zero attached hydrogens (tertiary/aromatic N) is 5. The number of aryl methyl sites for hydroxylation is 1. The highest BCUT2D eigenvalue weighted by atomic mass is 35.5. The van der Waals surface area contributed by atoms with Gasteiger partial charge < -0.3 is 9.80 Å². The number of hydrogen-bond acceptors (Lipinski definition) is 6. The van der Waals surface area contributed by atoms with Crippen LogP contribution in [0.4, 0.5) is 11.5 Å². The fraction of sp³-hybridized carbons (Fsp3) is 0.412. The number of benzene rings is 1. The molecule has 0 saturated carbocycles. The Morgan fingerprint density at radius 1 is 1.04 bits per heavy atom. The maximum atomic E-state index is 13.0. The van der Waals surface area contributed by atoms with Crippen LogP contribution in [0, 0.1) is 6.92 Å². The first-order valence-electron chi connectivity index (χ1n) is 8.41. The SMILES string of the molecule is Cc1cc(S(=O)(=O)N2CCN(c3cc(N(C)C)cnn3)CC2)c(Cl)cc1Cl. The molecular formula is C17H21Cl2N5O2S. The summed E-state index contributed by atoms with van der Waals surface area (Å²) in [4.78, 5) is 4.07. The summed E-state index contributed by atoms with van der Waals surface area (Å²) in [5, 5.41) is 8.79. The Hall–Kier alpha value is -1.61. The lowest BCUT2D eigenvalue weighted by atomic mass is 10.2. The quantitative estimate of drug-likeness (QED) is 0.743. The Bertz CT molecular complexity index is 944. The van der Waals surface area contributed by atoms with Gasteiger partial charge in [0.05, 0.1) is 16.9 Å². The van der Waals surface area contributed by atoms with Gasteiger partial charge in [0.15, 0.2) is 5.82 Å². The summed E-state index contributed by atoms with van der Waals surface area (Å²) in [6, 6.07) is 4.94. The number of sulfonamides is 1. The summed E-state index contributed by atoms with van der Waals surface area (Å²) in [6.07, 6.45) is 1.69. The largest absolute Gasteiger partial charge is 0.376 e. The predicted octanol–water partition coefficient (Wildman–Crippen LogP) is 2.67. The van der Waals surface area contributed by atoms with E-state index in [-0.39, 0.29) is 9.92 Å². The maximum Gasteiger partial charge on any atom is 0.244 e. The highest BCUT2D eigenvalue weighted by molar-refractivity contribution is 7.89. The predicted molar refractivity (Wildman–Crippen MR) is 109 cm³/mol. The van der Waals surface area contributed by atoms with E-state index in [1.165, 1.54) is 16.4 Å². The first-order valence-corrected chi connectivity index (χ1v) is 10.6. The number of anilines is 2. The van der Waals surface area contributed by atoms with Crippen molar-refractivity contribution in [3.63, 3.8) is 0 Å². The van der Waals surface area contributed by atoms with Gasteiger partial charge in [-0.05, 0) is 24.6 Å². The van der Waals surface area contributed by atoms with Gasteiger partial charge in [0.25, 0.3) is 0 Å². The first kappa shape index (κ1) is 20.1. The molecule has 0 aliphatic carbocycles. The summed E-state index contributed by atoms with van der Waals surface area (Å²) in [5.41, 5.74) is 1.62. The lowest BCUT2D eigenvalue weighted by Gasteiger charge is -2.34. The number of piperazine rings is 1. The van der Waals surface area contributed by atoms with Gasteiger partial charge in [-0.2, -0.15) is 9.40 Å². The standard InChI is InChI=1S/C17H21Cl2N5O2S/c1-12-8-16(15(19)10-14(12)18)27(25,26)24-6-4-23(5-7-24)17-9-13(22(2)3)11-20-21-17/h8-11H,4-7H2,1-3H3. The van der Waals surface area contributed by atoms with E-state index in [9.17, 15) is 8.42 Å². The van der Waals surface area contributed by atoms with Crippen LogP contribution in [0.25, 0.3) is 0 Å². The highest BCUT2D eigenvalue weighted by Crippen LogP contribution is 2.31. The second-order valence-corrected chi connectivity index (χ2v) is 9.31. The van der Waals surface area contributed by atoms with E-state index in [0.717, 1.165) is 11.5 Å². The number of halogens is 2. The normalized spacial score (nSPS) is 15.8. The molecule has 0 unspecified atom stereocenters. The van der Waals surface area contributed by atoms with Crippen molar-refractivity contribution in [1.29, 1.82) is 0 Å². The third-order valence-corrected chi connectivity index (χ3v) is 7.31. The van der Waals surface area contributed by atoms with Crippen LogP contribution < -0.4 is 9.80 Å². The first-order chi connectivity index (χ1) is 12.7. The van der Waals surface area contributed by atoms with Crippen molar-refractivity contribution < 1.29 is 8.42 Å². The average Bonchev–Trinajstić information content (AvgIpc) is 2.64. The minimum absolute atomic E-state index is 0.0916. The van der Waals surface area contributed by atoms with Crippen molar-refractivity contribution in [2.24, 2.45) is 0 Å². The molecule has 1 aromatic carbocycles. The van der Waals surface area contributed by atoms with E-state index in [1.54, 1.807) is 13.1 Å². The molecule has 0 atom stereocenters. The Kier molecular flexibility index (Phi) is 5.81. The summed E-state index contributed by atoms with van der Waals surface area (Å²) in [5.74, 6) is 0.735. The third-order valence-electron chi connectivity index (χ3n) is 4.54. The maximum absolute atomic E-state index is 13.0. The second kappa shape index (κ2) is 7.79. The molecule has 1 aromatic heterocycles. The lowest BCUT2D eigenvalue weighted by molar-refractivity contribution is 0.383. The number of aromatic nitrogens is 2. The van der Waals surface area contributed by atoms with Gasteiger partial charge in [0.2, 0.25) is 10.0 Å². The zero-order valence-electron chi connectivity index (χ0n) is 15.4. The van der Waals surface area contributed by atoms with Crippen LogP contribution in [-0.4, -0.2) is 63.2 Å². The monoisotopic (exact) mass is 429 g/mol. The zero-order chi connectivity index (χ0) is 19.8. The number of hydrogen-bond donors (Lipinski definition) is 0. The minimum atomic E-state index is -3.69.